The van der Waals surface area contributed by atoms with Crippen molar-refractivity contribution in [3.63, 3.8) is 0 Å². The number of anilines is 1. The molecule has 0 aliphatic carbocycles. The van der Waals surface area contributed by atoms with E-state index in [1.165, 1.54) is 5.56 Å². The molecule has 0 aliphatic heterocycles. The summed E-state index contributed by atoms with van der Waals surface area (Å²) in [6.45, 7) is 3.94. The van der Waals surface area contributed by atoms with E-state index in [2.05, 4.69) is 24.4 Å². The fraction of sp³-hybridized carbons (Fsp3) is 0.138. The number of carbonyl (C=O) groups is 1. The summed E-state index contributed by atoms with van der Waals surface area (Å²) in [5, 5.41) is 3.63. The first-order chi connectivity index (χ1) is 17.0. The summed E-state index contributed by atoms with van der Waals surface area (Å²) >= 11 is 0. The maximum Gasteiger partial charge on any atom is 0.295 e. The summed E-state index contributed by atoms with van der Waals surface area (Å²) in [5.41, 5.74) is 5.46. The second-order valence-corrected chi connectivity index (χ2v) is 8.51. The SMILES string of the molecule is CCc1ccc(-c2cc(C(=O)Nc3c(C)n(C)n(-c4ccccc4)c3=O)c3ccccc3n2)cc1. The average molecular weight is 463 g/mol. The highest BCUT2D eigenvalue weighted by Crippen LogP contribution is 2.26. The van der Waals surface area contributed by atoms with Gasteiger partial charge in [0.15, 0.2) is 0 Å². The standard InChI is InChI=1S/C29H26N4O2/c1-4-20-14-16-21(17-15-20)26-18-24(23-12-8-9-13-25(23)30-26)28(34)31-27-19(2)32(3)33(29(27)35)22-10-6-5-7-11-22/h5-18H,4H2,1-3H3,(H,31,34). The lowest BCUT2D eigenvalue weighted by Crippen LogP contribution is -2.23. The lowest BCUT2D eigenvalue weighted by atomic mass is 10.0. The van der Waals surface area contributed by atoms with Gasteiger partial charge in [0.25, 0.3) is 11.5 Å². The minimum Gasteiger partial charge on any atom is -0.316 e. The maximum absolute atomic E-state index is 13.6. The molecule has 174 valence electrons. The highest BCUT2D eigenvalue weighted by Gasteiger charge is 2.21. The molecule has 3 aromatic carbocycles. The predicted octanol–water partition coefficient (Wildman–Crippen LogP) is 5.51. The first kappa shape index (κ1) is 22.3. The van der Waals surface area contributed by atoms with E-state index >= 15 is 0 Å². The van der Waals surface area contributed by atoms with E-state index in [1.807, 2.05) is 73.7 Å². The minimum atomic E-state index is -0.346. The van der Waals surface area contributed by atoms with Crippen molar-refractivity contribution >= 4 is 22.5 Å². The molecule has 0 saturated heterocycles. The topological polar surface area (TPSA) is 68.9 Å². The predicted molar refractivity (Wildman–Crippen MR) is 140 cm³/mol. The number of rotatable bonds is 5. The van der Waals surface area contributed by atoms with Crippen LogP contribution in [0.25, 0.3) is 27.8 Å². The van der Waals surface area contributed by atoms with Gasteiger partial charge in [0, 0.05) is 18.0 Å². The molecule has 2 heterocycles. The van der Waals surface area contributed by atoms with Gasteiger partial charge in [-0.2, -0.15) is 0 Å². The first-order valence-electron chi connectivity index (χ1n) is 11.6. The van der Waals surface area contributed by atoms with Crippen molar-refractivity contribution in [1.29, 1.82) is 0 Å². The van der Waals surface area contributed by atoms with Crippen molar-refractivity contribution in [2.45, 2.75) is 20.3 Å². The Morgan fingerprint density at radius 1 is 0.943 bits per heavy atom. The van der Waals surface area contributed by atoms with E-state index in [1.54, 1.807) is 22.5 Å². The van der Waals surface area contributed by atoms with Crippen LogP contribution in [0.3, 0.4) is 0 Å². The van der Waals surface area contributed by atoms with Crippen LogP contribution in [-0.4, -0.2) is 20.3 Å². The van der Waals surface area contributed by atoms with Gasteiger partial charge < -0.3 is 5.32 Å². The summed E-state index contributed by atoms with van der Waals surface area (Å²) in [5.74, 6) is -0.346. The molecule has 35 heavy (non-hydrogen) atoms. The number of aryl methyl sites for hydroxylation is 1. The molecule has 1 amide bonds. The Labute approximate surface area is 203 Å². The van der Waals surface area contributed by atoms with Crippen LogP contribution in [0.15, 0.2) is 89.7 Å². The van der Waals surface area contributed by atoms with Crippen LogP contribution in [0.4, 0.5) is 5.69 Å². The fourth-order valence-electron chi connectivity index (χ4n) is 4.32. The molecular weight excluding hydrogens is 436 g/mol. The maximum atomic E-state index is 13.6. The van der Waals surface area contributed by atoms with E-state index in [0.717, 1.165) is 28.6 Å². The average Bonchev–Trinajstić information content (AvgIpc) is 3.11. The van der Waals surface area contributed by atoms with E-state index in [-0.39, 0.29) is 17.2 Å². The largest absolute Gasteiger partial charge is 0.316 e. The zero-order chi connectivity index (χ0) is 24.5. The van der Waals surface area contributed by atoms with Crippen molar-refractivity contribution in [1.82, 2.24) is 14.3 Å². The summed E-state index contributed by atoms with van der Waals surface area (Å²) < 4.78 is 3.30. The van der Waals surface area contributed by atoms with Crippen molar-refractivity contribution in [3.8, 4) is 16.9 Å². The number of aromatic nitrogens is 3. The number of nitrogens with one attached hydrogen (secondary N) is 1. The smallest absolute Gasteiger partial charge is 0.295 e. The monoisotopic (exact) mass is 462 g/mol. The van der Waals surface area contributed by atoms with Gasteiger partial charge in [-0.1, -0.05) is 67.6 Å². The first-order valence-corrected chi connectivity index (χ1v) is 11.6. The Morgan fingerprint density at radius 2 is 1.63 bits per heavy atom. The highest BCUT2D eigenvalue weighted by molar-refractivity contribution is 6.13. The lowest BCUT2D eigenvalue weighted by molar-refractivity contribution is 0.102. The van der Waals surface area contributed by atoms with Crippen molar-refractivity contribution in [2.75, 3.05) is 5.32 Å². The number of hydrogen-bond donors (Lipinski definition) is 1. The molecule has 0 saturated carbocycles. The molecule has 1 N–H and O–H groups in total. The molecule has 6 heteroatoms. The number of carbonyl (C=O) groups excluding carboxylic acids is 1. The zero-order valence-corrected chi connectivity index (χ0v) is 19.9. The second kappa shape index (κ2) is 9.06. The number of nitrogens with zero attached hydrogens (tertiary/aromatic N) is 3. The number of amides is 1. The number of benzene rings is 3. The van der Waals surface area contributed by atoms with Crippen molar-refractivity contribution < 1.29 is 4.79 Å². The summed E-state index contributed by atoms with van der Waals surface area (Å²) in [6.07, 6.45) is 0.954. The van der Waals surface area contributed by atoms with Gasteiger partial charge in [0.05, 0.1) is 28.2 Å². The molecule has 5 aromatic rings. The molecule has 0 radical (unpaired) electrons. The second-order valence-electron chi connectivity index (χ2n) is 8.51. The van der Waals surface area contributed by atoms with E-state index < -0.39 is 0 Å². The normalized spacial score (nSPS) is 11.1. The molecule has 5 rings (SSSR count). The summed E-state index contributed by atoms with van der Waals surface area (Å²) in [6, 6.07) is 26.9. The Morgan fingerprint density at radius 3 is 2.34 bits per heavy atom. The van der Waals surface area contributed by atoms with Crippen LogP contribution in [0.5, 0.6) is 0 Å². The van der Waals surface area contributed by atoms with Crippen molar-refractivity contribution in [3.05, 3.63) is 112 Å². The van der Waals surface area contributed by atoms with Crippen LogP contribution >= 0.6 is 0 Å². The molecule has 0 bridgehead atoms. The molecule has 0 unspecified atom stereocenters. The Bertz CT molecular complexity index is 1600. The third-order valence-corrected chi connectivity index (χ3v) is 6.41. The summed E-state index contributed by atoms with van der Waals surface area (Å²) in [4.78, 5) is 31.7. The lowest BCUT2D eigenvalue weighted by Gasteiger charge is -2.11. The summed E-state index contributed by atoms with van der Waals surface area (Å²) in [7, 11) is 1.80. The number of para-hydroxylation sites is 2. The molecular formula is C29H26N4O2. The zero-order valence-electron chi connectivity index (χ0n) is 19.9. The molecule has 0 aliphatic rings. The number of pyridine rings is 1. The van der Waals surface area contributed by atoms with Gasteiger partial charge >= 0.3 is 0 Å². The minimum absolute atomic E-state index is 0.260. The molecule has 0 spiro atoms. The van der Waals surface area contributed by atoms with Gasteiger partial charge in [-0.05, 0) is 43.2 Å². The molecule has 6 nitrogen and oxygen atoms in total. The number of hydrogen-bond acceptors (Lipinski definition) is 3. The molecule has 0 atom stereocenters. The van der Waals surface area contributed by atoms with Crippen LogP contribution < -0.4 is 10.9 Å². The van der Waals surface area contributed by atoms with Gasteiger partial charge in [0.1, 0.15) is 5.69 Å². The van der Waals surface area contributed by atoms with E-state index in [9.17, 15) is 9.59 Å². The van der Waals surface area contributed by atoms with Crippen molar-refractivity contribution in [2.24, 2.45) is 7.05 Å². The van der Waals surface area contributed by atoms with Crippen LogP contribution in [0.2, 0.25) is 0 Å². The third kappa shape index (κ3) is 4.04. The van der Waals surface area contributed by atoms with Crippen LogP contribution in [-0.2, 0) is 13.5 Å². The number of fused-ring (bicyclic) bond motifs is 1. The van der Waals surface area contributed by atoms with Gasteiger partial charge in [-0.15, -0.1) is 0 Å². The molecule has 0 fully saturated rings. The Balaban J connectivity index is 1.58. The van der Waals surface area contributed by atoms with Gasteiger partial charge in [-0.25, -0.2) is 9.67 Å². The Kier molecular flexibility index (Phi) is 5.79. The van der Waals surface area contributed by atoms with E-state index in [4.69, 9.17) is 4.98 Å². The van der Waals surface area contributed by atoms with Gasteiger partial charge in [0.2, 0.25) is 0 Å². The fourth-order valence-corrected chi connectivity index (χ4v) is 4.32. The van der Waals surface area contributed by atoms with Crippen LogP contribution in [0.1, 0.15) is 28.5 Å². The molecule has 2 aromatic heterocycles. The quantitative estimate of drug-likeness (QED) is 0.374. The third-order valence-electron chi connectivity index (χ3n) is 6.41. The Hall–Kier alpha value is -4.45. The van der Waals surface area contributed by atoms with Crippen LogP contribution in [0, 0.1) is 6.92 Å². The van der Waals surface area contributed by atoms with E-state index in [0.29, 0.717) is 17.0 Å². The van der Waals surface area contributed by atoms with Gasteiger partial charge in [-0.3, -0.25) is 14.3 Å². The highest BCUT2D eigenvalue weighted by atomic mass is 16.2.